The number of nitrogens with two attached hydrogens (primary N) is 1. The predicted molar refractivity (Wildman–Crippen MR) is 180 cm³/mol. The standard InChI is InChI=1S/C35H59NO6Si/c1-11-13-14-15-16-20-23-33(38)40-32(29(5)24-28(4)26-37)25-27(3)21-18-17-19-22-31(41-34(36)39)30(12-2)42-43(9,10)35(6,7)8/h11-12,17-18,21,24,26,29-32H,1-2,13-16,19-20,22-23,25H2,3-10H3,(H2,36,39)/b18-17+,27-21+,28-24+/t29-,30+,31+,32-/m1/s1. The topological polar surface area (TPSA) is 105 Å². The zero-order valence-corrected chi connectivity index (χ0v) is 29.2. The number of esters is 1. The van der Waals surface area contributed by atoms with Crippen LogP contribution in [0.3, 0.4) is 0 Å². The van der Waals surface area contributed by atoms with E-state index in [0.717, 1.165) is 44.0 Å². The van der Waals surface area contributed by atoms with Gasteiger partial charge in [0.15, 0.2) is 8.32 Å². The molecule has 0 aliphatic rings. The molecule has 4 atom stereocenters. The largest absolute Gasteiger partial charge is 0.461 e. The summed E-state index contributed by atoms with van der Waals surface area (Å²) < 4.78 is 17.8. The van der Waals surface area contributed by atoms with E-state index in [2.05, 4.69) is 47.0 Å². The van der Waals surface area contributed by atoms with Crippen molar-refractivity contribution in [1.82, 2.24) is 0 Å². The number of ether oxygens (including phenoxy) is 2. The summed E-state index contributed by atoms with van der Waals surface area (Å²) in [4.78, 5) is 35.4. The molecule has 0 fully saturated rings. The molecule has 0 aromatic rings. The predicted octanol–water partition coefficient (Wildman–Crippen LogP) is 8.92. The zero-order chi connectivity index (χ0) is 33.1. The first-order chi connectivity index (χ1) is 20.1. The molecule has 0 saturated carbocycles. The Morgan fingerprint density at radius 1 is 0.977 bits per heavy atom. The summed E-state index contributed by atoms with van der Waals surface area (Å²) in [5.74, 6) is -0.323. The molecule has 0 bridgehead atoms. The lowest BCUT2D eigenvalue weighted by molar-refractivity contribution is -0.150. The fourth-order valence-electron chi connectivity index (χ4n) is 4.24. The van der Waals surface area contributed by atoms with Crippen molar-refractivity contribution < 1.29 is 28.3 Å². The van der Waals surface area contributed by atoms with Gasteiger partial charge < -0.3 is 19.6 Å². The van der Waals surface area contributed by atoms with Crippen LogP contribution in [0.4, 0.5) is 4.79 Å². The highest BCUT2D eigenvalue weighted by atomic mass is 28.4. The summed E-state index contributed by atoms with van der Waals surface area (Å²) in [6.07, 6.45) is 17.0. The minimum absolute atomic E-state index is 0.00946. The first-order valence-electron chi connectivity index (χ1n) is 15.6. The first-order valence-corrected chi connectivity index (χ1v) is 18.5. The van der Waals surface area contributed by atoms with Gasteiger partial charge in [0, 0.05) is 18.8 Å². The SMILES string of the molecule is C=CCCCCCCC(=O)O[C@H](C/C(C)=C/C=C/CC[C@H](OC(N)=O)[C@H](C=C)O[Si](C)(C)C(C)(C)C)[C@H](C)/C=C(\C)C=O. The third kappa shape index (κ3) is 17.9. The van der Waals surface area contributed by atoms with E-state index in [-0.39, 0.29) is 23.0 Å². The maximum absolute atomic E-state index is 12.6. The Morgan fingerprint density at radius 2 is 1.63 bits per heavy atom. The van der Waals surface area contributed by atoms with Crippen molar-refractivity contribution in [2.24, 2.45) is 11.7 Å². The van der Waals surface area contributed by atoms with Gasteiger partial charge in [0.05, 0.1) is 0 Å². The van der Waals surface area contributed by atoms with Crippen molar-refractivity contribution in [3.05, 3.63) is 60.8 Å². The molecule has 1 amide bonds. The molecule has 0 radical (unpaired) electrons. The molecule has 0 aromatic carbocycles. The third-order valence-corrected chi connectivity index (χ3v) is 12.4. The highest BCUT2D eigenvalue weighted by Gasteiger charge is 2.40. The van der Waals surface area contributed by atoms with Crippen LogP contribution < -0.4 is 5.73 Å². The van der Waals surface area contributed by atoms with Crippen LogP contribution in [0.15, 0.2) is 60.8 Å². The Labute approximate surface area is 262 Å². The lowest BCUT2D eigenvalue weighted by Gasteiger charge is -2.40. The summed E-state index contributed by atoms with van der Waals surface area (Å²) in [5.41, 5.74) is 7.02. The number of carbonyl (C=O) groups excluding carboxylic acids is 3. The fourth-order valence-corrected chi connectivity index (χ4v) is 5.52. The summed E-state index contributed by atoms with van der Waals surface area (Å²) >= 11 is 0. The van der Waals surface area contributed by atoms with E-state index in [1.165, 1.54) is 0 Å². The maximum atomic E-state index is 12.6. The van der Waals surface area contributed by atoms with Gasteiger partial charge in [-0.2, -0.15) is 0 Å². The van der Waals surface area contributed by atoms with E-state index < -0.39 is 26.6 Å². The molecule has 0 aromatic heterocycles. The molecule has 8 heteroatoms. The molecule has 244 valence electrons. The van der Waals surface area contributed by atoms with Crippen LogP contribution in [-0.2, 0) is 23.5 Å². The quantitative estimate of drug-likeness (QED) is 0.0247. The highest BCUT2D eigenvalue weighted by molar-refractivity contribution is 6.74. The number of rotatable bonds is 22. The summed E-state index contributed by atoms with van der Waals surface area (Å²) in [6, 6.07) is 0. The maximum Gasteiger partial charge on any atom is 0.404 e. The molecule has 2 N–H and O–H groups in total. The van der Waals surface area contributed by atoms with Gasteiger partial charge in [-0.1, -0.05) is 82.6 Å². The summed E-state index contributed by atoms with van der Waals surface area (Å²) in [5, 5.41) is -0.00946. The molecule has 7 nitrogen and oxygen atoms in total. The number of amides is 1. The average molecular weight is 618 g/mol. The molecule has 0 spiro atoms. The highest BCUT2D eigenvalue weighted by Crippen LogP contribution is 2.38. The molecule has 0 unspecified atom stereocenters. The Morgan fingerprint density at radius 3 is 2.19 bits per heavy atom. The molecular weight excluding hydrogens is 558 g/mol. The van der Waals surface area contributed by atoms with E-state index in [9.17, 15) is 14.4 Å². The van der Waals surface area contributed by atoms with Gasteiger partial charge in [0.25, 0.3) is 0 Å². The van der Waals surface area contributed by atoms with Crippen LogP contribution in [-0.4, -0.2) is 45.0 Å². The van der Waals surface area contributed by atoms with Crippen molar-refractivity contribution in [2.45, 2.75) is 136 Å². The fraction of sp³-hybridized carbons (Fsp3) is 0.629. The number of hydrogen-bond acceptors (Lipinski definition) is 6. The van der Waals surface area contributed by atoms with Gasteiger partial charge in [-0.05, 0) is 69.7 Å². The van der Waals surface area contributed by atoms with E-state index in [0.29, 0.717) is 31.3 Å². The van der Waals surface area contributed by atoms with E-state index in [4.69, 9.17) is 19.6 Å². The molecule has 43 heavy (non-hydrogen) atoms. The summed E-state index contributed by atoms with van der Waals surface area (Å²) in [7, 11) is -2.13. The van der Waals surface area contributed by atoms with Crippen LogP contribution in [0.1, 0.15) is 99.3 Å². The van der Waals surface area contributed by atoms with E-state index in [1.807, 2.05) is 44.2 Å². The van der Waals surface area contributed by atoms with Gasteiger partial charge in [-0.25, -0.2) is 4.79 Å². The van der Waals surface area contributed by atoms with Gasteiger partial charge in [0.1, 0.15) is 24.6 Å². The third-order valence-electron chi connectivity index (χ3n) is 7.88. The molecule has 0 rings (SSSR count). The molecule has 0 heterocycles. The van der Waals surface area contributed by atoms with Crippen LogP contribution in [0.25, 0.3) is 0 Å². The van der Waals surface area contributed by atoms with Crippen molar-refractivity contribution >= 4 is 26.7 Å². The van der Waals surface area contributed by atoms with Crippen molar-refractivity contribution in [3.63, 3.8) is 0 Å². The smallest absolute Gasteiger partial charge is 0.404 e. The minimum Gasteiger partial charge on any atom is -0.461 e. The van der Waals surface area contributed by atoms with Crippen LogP contribution in [0, 0.1) is 5.92 Å². The number of unbranched alkanes of at least 4 members (excludes halogenated alkanes) is 4. The number of primary amides is 1. The molecule has 0 saturated heterocycles. The zero-order valence-electron chi connectivity index (χ0n) is 28.2. The number of carbonyl (C=O) groups is 3. The first kappa shape index (κ1) is 40.3. The van der Waals surface area contributed by atoms with Gasteiger partial charge in [0.2, 0.25) is 0 Å². The van der Waals surface area contributed by atoms with Gasteiger partial charge in [-0.3, -0.25) is 9.59 Å². The van der Waals surface area contributed by atoms with Crippen LogP contribution in [0.5, 0.6) is 0 Å². The minimum atomic E-state index is -2.13. The van der Waals surface area contributed by atoms with Gasteiger partial charge in [-0.15, -0.1) is 13.2 Å². The molecule has 0 aliphatic carbocycles. The lowest BCUT2D eigenvalue weighted by Crippen LogP contribution is -2.47. The van der Waals surface area contributed by atoms with Crippen molar-refractivity contribution in [1.29, 1.82) is 0 Å². The number of allylic oxidation sites excluding steroid dienone is 5. The second-order valence-corrected chi connectivity index (χ2v) is 17.7. The second kappa shape index (κ2) is 21.1. The van der Waals surface area contributed by atoms with E-state index >= 15 is 0 Å². The van der Waals surface area contributed by atoms with Crippen LogP contribution >= 0.6 is 0 Å². The Hall–Kier alpha value is -2.71. The summed E-state index contributed by atoms with van der Waals surface area (Å²) in [6.45, 7) is 24.1. The Bertz CT molecular complexity index is 975. The molecule has 0 aliphatic heterocycles. The molecular formula is C35H59NO6Si. The number of aldehydes is 1. The van der Waals surface area contributed by atoms with Crippen molar-refractivity contribution in [3.8, 4) is 0 Å². The Balaban J connectivity index is 5.34. The Kier molecular flexibility index (Phi) is 19.7. The lowest BCUT2D eigenvalue weighted by atomic mass is 9.95. The van der Waals surface area contributed by atoms with E-state index in [1.54, 1.807) is 13.0 Å². The van der Waals surface area contributed by atoms with Gasteiger partial charge >= 0.3 is 12.1 Å². The monoisotopic (exact) mass is 617 g/mol. The normalized spacial score (nSPS) is 15.8. The average Bonchev–Trinajstić information content (AvgIpc) is 2.91. The van der Waals surface area contributed by atoms with Crippen molar-refractivity contribution in [2.75, 3.05) is 0 Å². The van der Waals surface area contributed by atoms with Crippen LogP contribution in [0.2, 0.25) is 18.1 Å². The number of hydrogen-bond donors (Lipinski definition) is 1. The second-order valence-electron chi connectivity index (χ2n) is 12.9.